The molecule has 1 heterocycles. The monoisotopic (exact) mass is 209 g/mol. The molecule has 2 N–H and O–H groups in total. The van der Waals surface area contributed by atoms with E-state index in [9.17, 15) is 9.18 Å². The van der Waals surface area contributed by atoms with Crippen LogP contribution in [0.1, 0.15) is 34.8 Å². The van der Waals surface area contributed by atoms with Crippen molar-refractivity contribution in [2.75, 3.05) is 6.54 Å². The highest BCUT2D eigenvalue weighted by molar-refractivity contribution is 5.89. The third kappa shape index (κ3) is 1.99. The fourth-order valence-corrected chi connectivity index (χ4v) is 1.97. The van der Waals surface area contributed by atoms with Crippen LogP contribution in [-0.2, 0) is 0 Å². The van der Waals surface area contributed by atoms with Gasteiger partial charge in [-0.1, -0.05) is 0 Å². The molecule has 4 heteroatoms. The number of carbonyl (C=O) groups is 1. The van der Waals surface area contributed by atoms with Crippen molar-refractivity contribution < 1.29 is 14.3 Å². The first-order valence-corrected chi connectivity index (χ1v) is 4.94. The molecule has 80 valence electrons. The van der Waals surface area contributed by atoms with Gasteiger partial charge in [-0.05, 0) is 43.1 Å². The normalized spacial score (nSPS) is 20.5. The molecule has 1 aromatic carbocycles. The van der Waals surface area contributed by atoms with Gasteiger partial charge >= 0.3 is 5.97 Å². The Kier molecular flexibility index (Phi) is 2.68. The van der Waals surface area contributed by atoms with E-state index in [1.54, 1.807) is 0 Å². The number of rotatable bonds is 2. The number of nitrogens with one attached hydrogen (secondary N) is 1. The zero-order valence-corrected chi connectivity index (χ0v) is 8.16. The van der Waals surface area contributed by atoms with Crippen molar-refractivity contribution in [3.05, 3.63) is 35.1 Å². The van der Waals surface area contributed by atoms with Crippen molar-refractivity contribution in [1.29, 1.82) is 0 Å². The molecule has 0 amide bonds. The molecule has 3 nitrogen and oxygen atoms in total. The maximum Gasteiger partial charge on any atom is 0.336 e. The summed E-state index contributed by atoms with van der Waals surface area (Å²) in [6, 6.07) is 3.80. The lowest BCUT2D eigenvalue weighted by Gasteiger charge is -2.13. The van der Waals surface area contributed by atoms with Crippen LogP contribution in [0.4, 0.5) is 4.39 Å². The minimum absolute atomic E-state index is 0.0215. The predicted molar refractivity (Wildman–Crippen MR) is 53.3 cm³/mol. The van der Waals surface area contributed by atoms with Gasteiger partial charge in [0.25, 0.3) is 0 Å². The van der Waals surface area contributed by atoms with Gasteiger partial charge in [0.05, 0.1) is 5.56 Å². The Morgan fingerprint density at radius 2 is 2.33 bits per heavy atom. The SMILES string of the molecule is O=C(O)c1ccc(F)cc1[C@@H]1CCCN1. The Morgan fingerprint density at radius 3 is 2.93 bits per heavy atom. The second kappa shape index (κ2) is 3.98. The molecule has 2 rings (SSSR count). The molecule has 1 atom stereocenters. The molecular weight excluding hydrogens is 197 g/mol. The van der Waals surface area contributed by atoms with Crippen molar-refractivity contribution in [3.63, 3.8) is 0 Å². The fourth-order valence-electron chi connectivity index (χ4n) is 1.97. The fraction of sp³-hybridized carbons (Fsp3) is 0.364. The van der Waals surface area contributed by atoms with E-state index in [-0.39, 0.29) is 17.4 Å². The number of aromatic carboxylic acids is 1. The number of hydrogen-bond acceptors (Lipinski definition) is 2. The zero-order chi connectivity index (χ0) is 10.8. The number of hydrogen-bond donors (Lipinski definition) is 2. The van der Waals surface area contributed by atoms with Gasteiger partial charge < -0.3 is 10.4 Å². The molecular formula is C11H12FNO2. The third-order valence-electron chi connectivity index (χ3n) is 2.68. The quantitative estimate of drug-likeness (QED) is 0.782. The first kappa shape index (κ1) is 10.1. The molecule has 1 aromatic rings. The van der Waals surface area contributed by atoms with E-state index in [2.05, 4.69) is 5.32 Å². The Balaban J connectivity index is 2.41. The number of benzene rings is 1. The summed E-state index contributed by atoms with van der Waals surface area (Å²) in [4.78, 5) is 10.9. The maximum atomic E-state index is 13.0. The minimum atomic E-state index is -1.00. The third-order valence-corrected chi connectivity index (χ3v) is 2.68. The highest BCUT2D eigenvalue weighted by atomic mass is 19.1. The second-order valence-electron chi connectivity index (χ2n) is 3.69. The molecule has 1 aliphatic heterocycles. The Hall–Kier alpha value is -1.42. The topological polar surface area (TPSA) is 49.3 Å². The standard InChI is InChI=1S/C11H12FNO2/c12-7-3-4-8(11(14)15)9(6-7)10-2-1-5-13-10/h3-4,6,10,13H,1-2,5H2,(H,14,15)/t10-/m0/s1. The molecule has 0 aliphatic carbocycles. The summed E-state index contributed by atoms with van der Waals surface area (Å²) in [7, 11) is 0. The zero-order valence-electron chi connectivity index (χ0n) is 8.16. The van der Waals surface area contributed by atoms with Crippen LogP contribution >= 0.6 is 0 Å². The van der Waals surface area contributed by atoms with Crippen molar-refractivity contribution >= 4 is 5.97 Å². The molecule has 0 radical (unpaired) electrons. The summed E-state index contributed by atoms with van der Waals surface area (Å²) in [6.45, 7) is 0.861. The Labute approximate surface area is 86.9 Å². The smallest absolute Gasteiger partial charge is 0.336 e. The minimum Gasteiger partial charge on any atom is -0.478 e. The van der Waals surface area contributed by atoms with E-state index in [1.165, 1.54) is 18.2 Å². The number of carboxylic acids is 1. The lowest BCUT2D eigenvalue weighted by atomic mass is 9.99. The molecule has 1 aliphatic rings. The summed E-state index contributed by atoms with van der Waals surface area (Å²) in [5, 5.41) is 12.1. The average molecular weight is 209 g/mol. The van der Waals surface area contributed by atoms with Crippen molar-refractivity contribution in [1.82, 2.24) is 5.32 Å². The van der Waals surface area contributed by atoms with Crippen molar-refractivity contribution in [2.24, 2.45) is 0 Å². The molecule has 0 unspecified atom stereocenters. The molecule has 0 bridgehead atoms. The largest absolute Gasteiger partial charge is 0.478 e. The van der Waals surface area contributed by atoms with Crippen LogP contribution in [0.15, 0.2) is 18.2 Å². The van der Waals surface area contributed by atoms with Crippen LogP contribution in [0.3, 0.4) is 0 Å². The average Bonchev–Trinajstić information content (AvgIpc) is 2.69. The van der Waals surface area contributed by atoms with Crippen LogP contribution in [0.25, 0.3) is 0 Å². The number of carboxylic acid groups (broad SMARTS) is 1. The molecule has 0 saturated carbocycles. The van der Waals surface area contributed by atoms with E-state index in [1.807, 2.05) is 0 Å². The van der Waals surface area contributed by atoms with E-state index in [0.717, 1.165) is 19.4 Å². The van der Waals surface area contributed by atoms with E-state index in [0.29, 0.717) is 5.56 Å². The molecule has 0 aromatic heterocycles. The van der Waals surface area contributed by atoms with E-state index in [4.69, 9.17) is 5.11 Å². The van der Waals surface area contributed by atoms with Crippen LogP contribution in [0, 0.1) is 5.82 Å². The first-order chi connectivity index (χ1) is 7.18. The summed E-state index contributed by atoms with van der Waals surface area (Å²) in [5.74, 6) is -1.39. The van der Waals surface area contributed by atoms with Gasteiger partial charge in [-0.15, -0.1) is 0 Å². The van der Waals surface area contributed by atoms with Crippen LogP contribution in [0.2, 0.25) is 0 Å². The molecule has 1 fully saturated rings. The predicted octanol–water partition coefficient (Wildman–Crippen LogP) is 1.95. The van der Waals surface area contributed by atoms with Gasteiger partial charge in [-0.3, -0.25) is 0 Å². The van der Waals surface area contributed by atoms with Crippen LogP contribution in [0.5, 0.6) is 0 Å². The molecule has 15 heavy (non-hydrogen) atoms. The maximum absolute atomic E-state index is 13.0. The molecule has 1 saturated heterocycles. The van der Waals surface area contributed by atoms with Gasteiger partial charge in [0, 0.05) is 6.04 Å². The van der Waals surface area contributed by atoms with Gasteiger partial charge in [-0.25, -0.2) is 9.18 Å². The van der Waals surface area contributed by atoms with Crippen LogP contribution in [-0.4, -0.2) is 17.6 Å². The summed E-state index contributed by atoms with van der Waals surface area (Å²) in [6.07, 6.45) is 1.87. The lowest BCUT2D eigenvalue weighted by Crippen LogP contribution is -2.16. The highest BCUT2D eigenvalue weighted by Crippen LogP contribution is 2.26. The molecule has 0 spiro atoms. The van der Waals surface area contributed by atoms with Gasteiger partial charge in [-0.2, -0.15) is 0 Å². The van der Waals surface area contributed by atoms with Gasteiger partial charge in [0.2, 0.25) is 0 Å². The van der Waals surface area contributed by atoms with Crippen molar-refractivity contribution in [2.45, 2.75) is 18.9 Å². The van der Waals surface area contributed by atoms with Crippen molar-refractivity contribution in [3.8, 4) is 0 Å². The lowest BCUT2D eigenvalue weighted by molar-refractivity contribution is 0.0695. The number of halogens is 1. The summed E-state index contributed by atoms with van der Waals surface area (Å²) >= 11 is 0. The van der Waals surface area contributed by atoms with E-state index < -0.39 is 5.97 Å². The first-order valence-electron chi connectivity index (χ1n) is 4.94. The Bertz CT molecular complexity index is 386. The van der Waals surface area contributed by atoms with E-state index >= 15 is 0 Å². The van der Waals surface area contributed by atoms with Gasteiger partial charge in [0.15, 0.2) is 0 Å². The second-order valence-corrected chi connectivity index (χ2v) is 3.69. The van der Waals surface area contributed by atoms with Gasteiger partial charge in [0.1, 0.15) is 5.82 Å². The highest BCUT2D eigenvalue weighted by Gasteiger charge is 2.22. The Morgan fingerprint density at radius 1 is 1.53 bits per heavy atom. The summed E-state index contributed by atoms with van der Waals surface area (Å²) < 4.78 is 13.0. The summed E-state index contributed by atoms with van der Waals surface area (Å²) in [5.41, 5.74) is 0.746. The van der Waals surface area contributed by atoms with Crippen LogP contribution < -0.4 is 5.32 Å².